The number of nitrogens with two attached hydrogens (primary N) is 1. The van der Waals surface area contributed by atoms with E-state index in [1.54, 1.807) is 4.90 Å². The summed E-state index contributed by atoms with van der Waals surface area (Å²) in [4.78, 5) is 28.0. The van der Waals surface area contributed by atoms with Gasteiger partial charge in [0, 0.05) is 19.6 Å². The van der Waals surface area contributed by atoms with Gasteiger partial charge >= 0.3 is 0 Å². The molecule has 5 heteroatoms. The van der Waals surface area contributed by atoms with Gasteiger partial charge in [0.2, 0.25) is 11.8 Å². The molecule has 0 aromatic heterocycles. The van der Waals surface area contributed by atoms with Gasteiger partial charge in [0.25, 0.3) is 0 Å². The van der Waals surface area contributed by atoms with Gasteiger partial charge in [0.1, 0.15) is 6.04 Å². The minimum Gasteiger partial charge on any atom is -0.368 e. The van der Waals surface area contributed by atoms with Gasteiger partial charge in [0.05, 0.1) is 6.54 Å². The van der Waals surface area contributed by atoms with Crippen LogP contribution >= 0.6 is 0 Å². The van der Waals surface area contributed by atoms with Crippen LogP contribution in [-0.4, -0.2) is 53.8 Å². The predicted molar refractivity (Wildman–Crippen MR) is 94.0 cm³/mol. The lowest BCUT2D eigenvalue weighted by Crippen LogP contribution is -2.53. The fourth-order valence-electron chi connectivity index (χ4n) is 3.58. The van der Waals surface area contributed by atoms with E-state index in [-0.39, 0.29) is 11.8 Å². The minimum absolute atomic E-state index is 0.0232. The SMILES string of the molecule is NC(=O)[C@H]1CCCCN1C(=O)CN1CC=C(c2ccccc2)CC1. The topological polar surface area (TPSA) is 66.6 Å². The van der Waals surface area contributed by atoms with Gasteiger partial charge in [-0.3, -0.25) is 14.5 Å². The Balaban J connectivity index is 1.58. The number of primary amides is 1. The van der Waals surface area contributed by atoms with Crippen LogP contribution in [0.25, 0.3) is 5.57 Å². The first-order chi connectivity index (χ1) is 11.6. The Morgan fingerprint density at radius 1 is 1.12 bits per heavy atom. The van der Waals surface area contributed by atoms with Crippen molar-refractivity contribution in [3.05, 3.63) is 42.0 Å². The molecule has 2 amide bonds. The molecule has 24 heavy (non-hydrogen) atoms. The monoisotopic (exact) mass is 327 g/mol. The van der Waals surface area contributed by atoms with E-state index in [1.165, 1.54) is 11.1 Å². The summed E-state index contributed by atoms with van der Waals surface area (Å²) in [6.07, 6.45) is 5.75. The highest BCUT2D eigenvalue weighted by Gasteiger charge is 2.31. The maximum Gasteiger partial charge on any atom is 0.240 e. The standard InChI is InChI=1S/C19H25N3O2/c20-19(24)17-8-4-5-11-22(17)18(23)14-21-12-9-16(10-13-21)15-6-2-1-3-7-15/h1-3,6-7,9,17H,4-5,8,10-14H2,(H2,20,24)/t17-/m1/s1. The number of carbonyl (C=O) groups excluding carboxylic acids is 2. The molecule has 2 aliphatic rings. The van der Waals surface area contributed by atoms with E-state index in [2.05, 4.69) is 23.1 Å². The maximum absolute atomic E-state index is 12.6. The number of amides is 2. The van der Waals surface area contributed by atoms with E-state index in [4.69, 9.17) is 5.73 Å². The molecule has 0 saturated carbocycles. The molecular weight excluding hydrogens is 302 g/mol. The number of hydrogen-bond acceptors (Lipinski definition) is 3. The van der Waals surface area contributed by atoms with Crippen molar-refractivity contribution in [3.8, 4) is 0 Å². The summed E-state index contributed by atoms with van der Waals surface area (Å²) in [6.45, 7) is 2.64. The molecule has 0 bridgehead atoms. The van der Waals surface area contributed by atoms with Crippen LogP contribution in [0.5, 0.6) is 0 Å². The van der Waals surface area contributed by atoms with Crippen LogP contribution in [-0.2, 0) is 9.59 Å². The average molecular weight is 327 g/mol. The van der Waals surface area contributed by atoms with E-state index in [9.17, 15) is 9.59 Å². The zero-order valence-corrected chi connectivity index (χ0v) is 14.0. The van der Waals surface area contributed by atoms with Crippen LogP contribution in [0.1, 0.15) is 31.2 Å². The minimum atomic E-state index is -0.425. The molecule has 1 aromatic rings. The summed E-state index contributed by atoms with van der Waals surface area (Å²) in [6, 6.07) is 9.94. The third-order valence-electron chi connectivity index (χ3n) is 4.95. The molecule has 2 heterocycles. The maximum atomic E-state index is 12.6. The van der Waals surface area contributed by atoms with Crippen molar-refractivity contribution >= 4 is 17.4 Å². The van der Waals surface area contributed by atoms with E-state index in [1.807, 2.05) is 18.2 Å². The number of carbonyl (C=O) groups is 2. The molecule has 1 atom stereocenters. The average Bonchev–Trinajstić information content (AvgIpc) is 2.63. The Labute approximate surface area is 143 Å². The zero-order chi connectivity index (χ0) is 16.9. The summed E-state index contributed by atoms with van der Waals surface area (Å²) in [5, 5.41) is 0. The van der Waals surface area contributed by atoms with E-state index < -0.39 is 6.04 Å². The van der Waals surface area contributed by atoms with Crippen LogP contribution in [0.3, 0.4) is 0 Å². The highest BCUT2D eigenvalue weighted by molar-refractivity contribution is 5.87. The molecule has 5 nitrogen and oxygen atoms in total. The molecule has 0 radical (unpaired) electrons. The summed E-state index contributed by atoms with van der Waals surface area (Å²) >= 11 is 0. The van der Waals surface area contributed by atoms with Gasteiger partial charge < -0.3 is 10.6 Å². The quantitative estimate of drug-likeness (QED) is 0.914. The first-order valence-corrected chi connectivity index (χ1v) is 8.71. The molecule has 0 spiro atoms. The van der Waals surface area contributed by atoms with Crippen LogP contribution in [0.2, 0.25) is 0 Å². The number of hydrogen-bond donors (Lipinski definition) is 1. The van der Waals surface area contributed by atoms with Crippen LogP contribution in [0, 0.1) is 0 Å². The van der Waals surface area contributed by atoms with Crippen molar-refractivity contribution in [2.45, 2.75) is 31.7 Å². The fourth-order valence-corrected chi connectivity index (χ4v) is 3.58. The molecule has 2 aliphatic heterocycles. The summed E-state index contributed by atoms with van der Waals surface area (Å²) in [7, 11) is 0. The summed E-state index contributed by atoms with van der Waals surface area (Å²) < 4.78 is 0. The normalized spacial score (nSPS) is 22.1. The second-order valence-corrected chi connectivity index (χ2v) is 6.58. The second kappa shape index (κ2) is 7.62. The third kappa shape index (κ3) is 3.85. The molecular formula is C19H25N3O2. The third-order valence-corrected chi connectivity index (χ3v) is 4.95. The van der Waals surface area contributed by atoms with Gasteiger partial charge in [-0.25, -0.2) is 0 Å². The first-order valence-electron chi connectivity index (χ1n) is 8.71. The van der Waals surface area contributed by atoms with Crippen molar-refractivity contribution < 1.29 is 9.59 Å². The number of piperidine rings is 1. The van der Waals surface area contributed by atoms with Gasteiger partial charge in [-0.2, -0.15) is 0 Å². The van der Waals surface area contributed by atoms with E-state index >= 15 is 0 Å². The van der Waals surface area contributed by atoms with Gasteiger partial charge in [-0.1, -0.05) is 36.4 Å². The van der Waals surface area contributed by atoms with Crippen molar-refractivity contribution in [2.75, 3.05) is 26.2 Å². The predicted octanol–water partition coefficient (Wildman–Crippen LogP) is 1.64. The lowest BCUT2D eigenvalue weighted by Gasteiger charge is -2.35. The van der Waals surface area contributed by atoms with Gasteiger partial charge in [0.15, 0.2) is 0 Å². The Morgan fingerprint density at radius 3 is 2.58 bits per heavy atom. The lowest BCUT2D eigenvalue weighted by atomic mass is 9.99. The van der Waals surface area contributed by atoms with Gasteiger partial charge in [-0.15, -0.1) is 0 Å². The highest BCUT2D eigenvalue weighted by Crippen LogP contribution is 2.22. The molecule has 3 rings (SSSR count). The van der Waals surface area contributed by atoms with Crippen molar-refractivity contribution in [2.24, 2.45) is 5.73 Å². The Hall–Kier alpha value is -2.14. The summed E-state index contributed by atoms with van der Waals surface area (Å²) in [5.41, 5.74) is 8.05. The molecule has 128 valence electrons. The number of nitrogens with zero attached hydrogens (tertiary/aromatic N) is 2. The molecule has 1 fully saturated rings. The highest BCUT2D eigenvalue weighted by atomic mass is 16.2. The number of likely N-dealkylation sites (tertiary alicyclic amines) is 1. The molecule has 1 saturated heterocycles. The Kier molecular flexibility index (Phi) is 5.30. The van der Waals surface area contributed by atoms with Crippen molar-refractivity contribution in [1.29, 1.82) is 0 Å². The van der Waals surface area contributed by atoms with Crippen LogP contribution in [0.4, 0.5) is 0 Å². The lowest BCUT2D eigenvalue weighted by molar-refractivity contribution is -0.141. The largest absolute Gasteiger partial charge is 0.368 e. The smallest absolute Gasteiger partial charge is 0.240 e. The van der Waals surface area contributed by atoms with Crippen LogP contribution < -0.4 is 5.73 Å². The summed E-state index contributed by atoms with van der Waals surface area (Å²) in [5.74, 6) is -0.358. The van der Waals surface area contributed by atoms with E-state index in [0.717, 1.165) is 32.4 Å². The molecule has 2 N–H and O–H groups in total. The second-order valence-electron chi connectivity index (χ2n) is 6.58. The van der Waals surface area contributed by atoms with Crippen LogP contribution in [0.15, 0.2) is 36.4 Å². The fraction of sp³-hybridized carbons (Fsp3) is 0.474. The molecule has 1 aromatic carbocycles. The van der Waals surface area contributed by atoms with Crippen molar-refractivity contribution in [1.82, 2.24) is 9.80 Å². The van der Waals surface area contributed by atoms with Gasteiger partial charge in [-0.05, 0) is 36.8 Å². The van der Waals surface area contributed by atoms with E-state index in [0.29, 0.717) is 19.5 Å². The molecule has 0 aliphatic carbocycles. The molecule has 0 unspecified atom stereocenters. The first kappa shape index (κ1) is 16.7. The Morgan fingerprint density at radius 2 is 1.92 bits per heavy atom. The zero-order valence-electron chi connectivity index (χ0n) is 14.0. The Bertz CT molecular complexity index is 627. The number of benzene rings is 1. The van der Waals surface area contributed by atoms with Crippen molar-refractivity contribution in [3.63, 3.8) is 0 Å². The number of rotatable bonds is 4.